The quantitative estimate of drug-likeness (QED) is 0.552. The second-order valence-corrected chi connectivity index (χ2v) is 6.55. The summed E-state index contributed by atoms with van der Waals surface area (Å²) in [6.45, 7) is 0.198. The zero-order valence-corrected chi connectivity index (χ0v) is 14.4. The van der Waals surface area contributed by atoms with Crippen molar-refractivity contribution < 1.29 is 14.3 Å². The van der Waals surface area contributed by atoms with Crippen LogP contribution in [0, 0.1) is 0 Å². The lowest BCUT2D eigenvalue weighted by molar-refractivity contribution is -0.116. The van der Waals surface area contributed by atoms with E-state index in [1.54, 1.807) is 24.3 Å². The van der Waals surface area contributed by atoms with Crippen LogP contribution in [-0.4, -0.2) is 18.7 Å². The third-order valence-electron chi connectivity index (χ3n) is 3.53. The number of carbonyl (C=O) groups excluding carboxylic acids is 2. The molecule has 0 saturated carbocycles. The molecule has 0 saturated heterocycles. The standard InChI is InChI=1S/C18H14ClNO3S/c1-20-18(22)16(21)17-14(13-4-2-3-5-15(13)24-17)10-23-12-8-6-11(19)7-9-12/h2-9H,10H2,1H3,(H,20,22). The normalized spacial score (nSPS) is 10.6. The molecular weight excluding hydrogens is 346 g/mol. The van der Waals surface area contributed by atoms with E-state index in [0.717, 1.165) is 15.6 Å². The number of amides is 1. The average molecular weight is 360 g/mol. The van der Waals surface area contributed by atoms with Crippen LogP contribution in [-0.2, 0) is 11.4 Å². The molecule has 0 radical (unpaired) electrons. The highest BCUT2D eigenvalue weighted by Gasteiger charge is 2.23. The summed E-state index contributed by atoms with van der Waals surface area (Å²) in [6.07, 6.45) is 0. The molecule has 1 N–H and O–H groups in total. The minimum Gasteiger partial charge on any atom is -0.489 e. The Morgan fingerprint density at radius 1 is 1.12 bits per heavy atom. The van der Waals surface area contributed by atoms with Crippen molar-refractivity contribution in [2.24, 2.45) is 0 Å². The van der Waals surface area contributed by atoms with Crippen LogP contribution >= 0.6 is 22.9 Å². The zero-order valence-electron chi connectivity index (χ0n) is 12.8. The lowest BCUT2D eigenvalue weighted by Gasteiger charge is -2.07. The van der Waals surface area contributed by atoms with Crippen molar-refractivity contribution in [1.82, 2.24) is 5.32 Å². The van der Waals surface area contributed by atoms with E-state index in [4.69, 9.17) is 16.3 Å². The number of rotatable bonds is 5. The molecule has 24 heavy (non-hydrogen) atoms. The maximum absolute atomic E-state index is 12.3. The first-order valence-electron chi connectivity index (χ1n) is 7.25. The highest BCUT2D eigenvalue weighted by Crippen LogP contribution is 2.32. The number of hydrogen-bond donors (Lipinski definition) is 1. The first kappa shape index (κ1) is 16.5. The zero-order chi connectivity index (χ0) is 17.1. The molecule has 0 aliphatic carbocycles. The van der Waals surface area contributed by atoms with Crippen molar-refractivity contribution in [3.8, 4) is 5.75 Å². The molecule has 1 aromatic heterocycles. The smallest absolute Gasteiger partial charge is 0.293 e. The van der Waals surface area contributed by atoms with Gasteiger partial charge >= 0.3 is 0 Å². The van der Waals surface area contributed by atoms with Gasteiger partial charge in [0.25, 0.3) is 11.7 Å². The number of ether oxygens (including phenoxy) is 1. The number of thiophene rings is 1. The molecule has 6 heteroatoms. The van der Waals surface area contributed by atoms with E-state index in [1.807, 2.05) is 24.3 Å². The summed E-state index contributed by atoms with van der Waals surface area (Å²) in [4.78, 5) is 24.5. The van der Waals surface area contributed by atoms with Gasteiger partial charge in [-0.05, 0) is 35.7 Å². The van der Waals surface area contributed by atoms with Crippen LogP contribution in [0.4, 0.5) is 0 Å². The van der Waals surface area contributed by atoms with Crippen molar-refractivity contribution >= 4 is 44.7 Å². The van der Waals surface area contributed by atoms with Crippen LogP contribution in [0.25, 0.3) is 10.1 Å². The van der Waals surface area contributed by atoms with Gasteiger partial charge in [0.15, 0.2) is 0 Å². The summed E-state index contributed by atoms with van der Waals surface area (Å²) in [5.74, 6) is -0.532. The maximum Gasteiger partial charge on any atom is 0.293 e. The third kappa shape index (κ3) is 3.27. The lowest BCUT2D eigenvalue weighted by atomic mass is 10.1. The van der Waals surface area contributed by atoms with Crippen LogP contribution in [0.3, 0.4) is 0 Å². The molecule has 0 spiro atoms. The van der Waals surface area contributed by atoms with Crippen LogP contribution in [0.1, 0.15) is 15.2 Å². The highest BCUT2D eigenvalue weighted by atomic mass is 35.5. The third-order valence-corrected chi connectivity index (χ3v) is 5.00. The number of nitrogens with one attached hydrogen (secondary N) is 1. The molecule has 0 bridgehead atoms. The molecule has 0 unspecified atom stereocenters. The van der Waals surface area contributed by atoms with Crippen LogP contribution in [0.5, 0.6) is 5.75 Å². The minimum atomic E-state index is -0.630. The molecule has 1 amide bonds. The first-order chi connectivity index (χ1) is 11.6. The van der Waals surface area contributed by atoms with E-state index in [2.05, 4.69) is 5.32 Å². The van der Waals surface area contributed by atoms with Crippen molar-refractivity contribution in [2.45, 2.75) is 6.61 Å². The minimum absolute atomic E-state index is 0.198. The predicted octanol–water partition coefficient (Wildman–Crippen LogP) is 4.06. The topological polar surface area (TPSA) is 55.4 Å². The number of ketones is 1. The summed E-state index contributed by atoms with van der Waals surface area (Å²) >= 11 is 7.17. The van der Waals surface area contributed by atoms with Gasteiger partial charge in [0.2, 0.25) is 0 Å². The Labute approximate surface area is 148 Å². The maximum atomic E-state index is 12.3. The van der Waals surface area contributed by atoms with E-state index in [1.165, 1.54) is 18.4 Å². The molecule has 0 aliphatic heterocycles. The van der Waals surface area contributed by atoms with Crippen molar-refractivity contribution in [3.63, 3.8) is 0 Å². The Morgan fingerprint density at radius 2 is 1.83 bits per heavy atom. The Kier molecular flexibility index (Phi) is 4.83. The molecule has 3 rings (SSSR count). The van der Waals surface area contributed by atoms with Gasteiger partial charge in [-0.1, -0.05) is 29.8 Å². The summed E-state index contributed by atoms with van der Waals surface area (Å²) in [7, 11) is 1.44. The summed E-state index contributed by atoms with van der Waals surface area (Å²) in [6, 6.07) is 14.6. The Hall–Kier alpha value is -2.37. The second kappa shape index (κ2) is 7.03. The summed E-state index contributed by atoms with van der Waals surface area (Å²) < 4.78 is 6.73. The Balaban J connectivity index is 1.96. The van der Waals surface area contributed by atoms with Crippen molar-refractivity contribution in [1.29, 1.82) is 0 Å². The second-order valence-electron chi connectivity index (χ2n) is 5.06. The Bertz CT molecular complexity index is 902. The fourth-order valence-electron chi connectivity index (χ4n) is 2.33. The van der Waals surface area contributed by atoms with E-state index < -0.39 is 11.7 Å². The fraction of sp³-hybridized carbons (Fsp3) is 0.111. The molecular formula is C18H14ClNO3S. The van der Waals surface area contributed by atoms with Crippen molar-refractivity contribution in [3.05, 3.63) is 64.0 Å². The number of fused-ring (bicyclic) bond motifs is 1. The molecule has 0 atom stereocenters. The van der Waals surface area contributed by atoms with Gasteiger partial charge in [-0.3, -0.25) is 9.59 Å². The first-order valence-corrected chi connectivity index (χ1v) is 8.45. The molecule has 3 aromatic rings. The molecule has 4 nitrogen and oxygen atoms in total. The Morgan fingerprint density at radius 3 is 2.54 bits per heavy atom. The van der Waals surface area contributed by atoms with Gasteiger partial charge in [0, 0.05) is 22.3 Å². The fourth-order valence-corrected chi connectivity index (χ4v) is 3.60. The average Bonchev–Trinajstić information content (AvgIpc) is 2.98. The molecule has 2 aromatic carbocycles. The SMILES string of the molecule is CNC(=O)C(=O)c1sc2ccccc2c1COc1ccc(Cl)cc1. The van der Waals surface area contributed by atoms with Gasteiger partial charge in [-0.2, -0.15) is 0 Å². The number of benzene rings is 2. The monoisotopic (exact) mass is 359 g/mol. The number of halogens is 1. The van der Waals surface area contributed by atoms with Crippen LogP contribution in [0.2, 0.25) is 5.02 Å². The molecule has 0 aliphatic rings. The van der Waals surface area contributed by atoms with E-state index in [-0.39, 0.29) is 6.61 Å². The number of likely N-dealkylation sites (N-methyl/N-ethyl adjacent to an activating group) is 1. The van der Waals surface area contributed by atoms with Crippen LogP contribution < -0.4 is 10.1 Å². The predicted molar refractivity (Wildman–Crippen MR) is 96.0 cm³/mol. The van der Waals surface area contributed by atoms with Gasteiger partial charge in [-0.15, -0.1) is 11.3 Å². The van der Waals surface area contributed by atoms with Gasteiger partial charge < -0.3 is 10.1 Å². The van der Waals surface area contributed by atoms with E-state index in [9.17, 15) is 9.59 Å². The van der Waals surface area contributed by atoms with Gasteiger partial charge in [-0.25, -0.2) is 0 Å². The largest absolute Gasteiger partial charge is 0.489 e. The summed E-state index contributed by atoms with van der Waals surface area (Å²) in [5, 5.41) is 3.92. The lowest BCUT2D eigenvalue weighted by Crippen LogP contribution is -2.27. The van der Waals surface area contributed by atoms with E-state index in [0.29, 0.717) is 15.6 Å². The number of Topliss-reactive ketones (excluding diaryl/α,β-unsaturated/α-hetero) is 1. The van der Waals surface area contributed by atoms with Crippen molar-refractivity contribution in [2.75, 3.05) is 7.05 Å². The number of carbonyl (C=O) groups is 2. The van der Waals surface area contributed by atoms with Crippen LogP contribution in [0.15, 0.2) is 48.5 Å². The number of hydrogen-bond acceptors (Lipinski definition) is 4. The summed E-state index contributed by atoms with van der Waals surface area (Å²) in [5.41, 5.74) is 0.721. The van der Waals surface area contributed by atoms with Gasteiger partial charge in [0.05, 0.1) is 4.88 Å². The van der Waals surface area contributed by atoms with Gasteiger partial charge in [0.1, 0.15) is 12.4 Å². The highest BCUT2D eigenvalue weighted by molar-refractivity contribution is 7.21. The van der Waals surface area contributed by atoms with E-state index >= 15 is 0 Å². The molecule has 1 heterocycles. The molecule has 122 valence electrons. The molecule has 0 fully saturated rings.